The van der Waals surface area contributed by atoms with Gasteiger partial charge in [0.1, 0.15) is 0 Å². The molecule has 1 N–H and O–H groups in total. The van der Waals surface area contributed by atoms with E-state index in [0.717, 1.165) is 10.4 Å². The maximum Gasteiger partial charge on any atom is 0.341 e. The predicted octanol–water partition coefficient (Wildman–Crippen LogP) is 2.55. The highest BCUT2D eigenvalue weighted by atomic mass is 32.2. The quantitative estimate of drug-likeness (QED) is 0.767. The number of hydrogen-bond acceptors (Lipinski definition) is 5. The lowest BCUT2D eigenvalue weighted by molar-refractivity contribution is 0.235. The van der Waals surface area contributed by atoms with Gasteiger partial charge in [-0.3, -0.25) is 0 Å². The van der Waals surface area contributed by atoms with E-state index in [-0.39, 0.29) is 17.1 Å². The summed E-state index contributed by atoms with van der Waals surface area (Å²) in [6.45, 7) is -0.0565. The summed E-state index contributed by atoms with van der Waals surface area (Å²) < 4.78 is 75.1. The smallest absolute Gasteiger partial charge is 0.341 e. The van der Waals surface area contributed by atoms with Crippen molar-refractivity contribution in [3.05, 3.63) is 54.1 Å². The molecule has 0 saturated carbocycles. The minimum atomic E-state index is -4.79. The Morgan fingerprint density at radius 2 is 1.46 bits per heavy atom. The monoisotopic (exact) mass is 404 g/mol. The number of nitrogens with one attached hydrogen (secondary N) is 1. The van der Waals surface area contributed by atoms with Gasteiger partial charge in [-0.05, 0) is 23.8 Å². The Labute approximate surface area is 151 Å². The lowest BCUT2D eigenvalue weighted by Gasteiger charge is -2.17. The zero-order valence-corrected chi connectivity index (χ0v) is 15.7. The number of alkyl halides is 2. The van der Waals surface area contributed by atoms with Crippen molar-refractivity contribution in [2.75, 3.05) is 19.4 Å². The molecule has 10 heteroatoms. The molecule has 0 aliphatic heterocycles. The zero-order valence-electron chi connectivity index (χ0n) is 14.1. The number of rotatable bonds is 7. The third-order valence-corrected chi connectivity index (χ3v) is 6.98. The lowest BCUT2D eigenvalue weighted by atomic mass is 10.2. The fourth-order valence-corrected chi connectivity index (χ4v) is 4.27. The fourth-order valence-electron chi connectivity index (χ4n) is 2.25. The van der Waals surface area contributed by atoms with Crippen LogP contribution in [-0.2, 0) is 26.4 Å². The van der Waals surface area contributed by atoms with Gasteiger partial charge in [-0.25, -0.2) is 21.1 Å². The highest BCUT2D eigenvalue weighted by molar-refractivity contribution is 7.91. The molecule has 2 aromatic carbocycles. The molecule has 0 aliphatic carbocycles. The van der Waals surface area contributed by atoms with Crippen LogP contribution >= 0.6 is 0 Å². The van der Waals surface area contributed by atoms with Crippen molar-refractivity contribution in [2.24, 2.45) is 0 Å². The van der Waals surface area contributed by atoms with E-state index in [1.165, 1.54) is 38.4 Å². The molecule has 0 spiro atoms. The predicted molar refractivity (Wildman–Crippen MR) is 94.3 cm³/mol. The van der Waals surface area contributed by atoms with Crippen LogP contribution in [0.3, 0.4) is 0 Å². The van der Waals surface area contributed by atoms with Crippen LogP contribution in [0.4, 0.5) is 14.5 Å². The molecule has 0 heterocycles. The summed E-state index contributed by atoms with van der Waals surface area (Å²) in [5.41, 5.74) is 0.357. The van der Waals surface area contributed by atoms with Gasteiger partial charge in [0.05, 0.1) is 15.5 Å². The minimum Gasteiger partial charge on any atom is -0.380 e. The molecule has 0 unspecified atom stereocenters. The largest absolute Gasteiger partial charge is 0.380 e. The van der Waals surface area contributed by atoms with Gasteiger partial charge in [-0.2, -0.15) is 8.78 Å². The Hall–Kier alpha value is -2.04. The fraction of sp³-hybridized carbons (Fsp3) is 0.250. The maximum atomic E-state index is 12.9. The van der Waals surface area contributed by atoms with Gasteiger partial charge in [0, 0.05) is 20.6 Å². The second-order valence-corrected chi connectivity index (χ2v) is 9.56. The average molecular weight is 404 g/mol. The van der Waals surface area contributed by atoms with E-state index in [9.17, 15) is 25.6 Å². The van der Waals surface area contributed by atoms with Gasteiger partial charge in [-0.1, -0.05) is 30.3 Å². The first-order valence-corrected chi connectivity index (χ1v) is 10.4. The Kier molecular flexibility index (Phi) is 5.99. The van der Waals surface area contributed by atoms with E-state index in [4.69, 9.17) is 0 Å². The molecule has 0 amide bonds. The van der Waals surface area contributed by atoms with Crippen LogP contribution in [0.25, 0.3) is 0 Å². The van der Waals surface area contributed by atoms with Crippen molar-refractivity contribution in [1.82, 2.24) is 4.31 Å². The van der Waals surface area contributed by atoms with Crippen LogP contribution in [0.2, 0.25) is 0 Å². The Bertz CT molecular complexity index is 909. The molecule has 0 atom stereocenters. The summed E-state index contributed by atoms with van der Waals surface area (Å²) in [6, 6.07) is 11.4. The number of para-hydroxylation sites is 1. The van der Waals surface area contributed by atoms with Crippen molar-refractivity contribution in [2.45, 2.75) is 22.1 Å². The highest BCUT2D eigenvalue weighted by Crippen LogP contribution is 2.27. The van der Waals surface area contributed by atoms with Crippen molar-refractivity contribution in [3.63, 3.8) is 0 Å². The van der Waals surface area contributed by atoms with Gasteiger partial charge in [-0.15, -0.1) is 0 Å². The number of nitrogens with zero attached hydrogens (tertiary/aromatic N) is 1. The van der Waals surface area contributed by atoms with Gasteiger partial charge in [0.25, 0.3) is 0 Å². The van der Waals surface area contributed by atoms with Crippen LogP contribution in [0, 0.1) is 0 Å². The summed E-state index contributed by atoms with van der Waals surface area (Å²) in [7, 11) is -5.71. The molecule has 0 aromatic heterocycles. The summed E-state index contributed by atoms with van der Waals surface area (Å²) in [5, 5.41) is 2.75. The van der Waals surface area contributed by atoms with Crippen LogP contribution in [0.15, 0.2) is 58.3 Å². The molecule has 2 aromatic rings. The first kappa shape index (κ1) is 20.3. The molecule has 6 nitrogen and oxygen atoms in total. The van der Waals surface area contributed by atoms with Crippen LogP contribution in [-0.4, -0.2) is 41.0 Å². The third kappa shape index (κ3) is 4.02. The van der Waals surface area contributed by atoms with Crippen LogP contribution in [0.1, 0.15) is 5.56 Å². The van der Waals surface area contributed by atoms with Gasteiger partial charge >= 0.3 is 5.76 Å². The molecular formula is C16H18F2N2O4S2. The number of halogens is 2. The Balaban J connectivity index is 2.39. The summed E-state index contributed by atoms with van der Waals surface area (Å²) >= 11 is 0. The molecule has 0 saturated heterocycles. The first-order valence-electron chi connectivity index (χ1n) is 7.44. The summed E-state index contributed by atoms with van der Waals surface area (Å²) in [6.07, 6.45) is 0. The summed E-state index contributed by atoms with van der Waals surface area (Å²) in [5.74, 6) is -3.55. The maximum absolute atomic E-state index is 12.9. The number of sulfonamides is 1. The van der Waals surface area contributed by atoms with E-state index in [2.05, 4.69) is 5.32 Å². The molecule has 0 bridgehead atoms. The molecule has 0 fully saturated rings. The van der Waals surface area contributed by atoms with E-state index < -0.39 is 30.5 Å². The number of anilines is 1. The molecule has 0 radical (unpaired) electrons. The van der Waals surface area contributed by atoms with E-state index >= 15 is 0 Å². The van der Waals surface area contributed by atoms with Crippen LogP contribution < -0.4 is 5.32 Å². The van der Waals surface area contributed by atoms with E-state index in [0.29, 0.717) is 5.56 Å². The Morgan fingerprint density at radius 1 is 0.923 bits per heavy atom. The number of hydrogen-bond donors (Lipinski definition) is 1. The third-order valence-electron chi connectivity index (χ3n) is 3.63. The number of sulfone groups is 1. The first-order chi connectivity index (χ1) is 12.1. The lowest BCUT2D eigenvalue weighted by Crippen LogP contribution is -2.24. The topological polar surface area (TPSA) is 83.6 Å². The van der Waals surface area contributed by atoms with Crippen molar-refractivity contribution >= 4 is 25.5 Å². The second kappa shape index (κ2) is 7.68. The molecule has 26 heavy (non-hydrogen) atoms. The van der Waals surface area contributed by atoms with Crippen molar-refractivity contribution < 1.29 is 25.6 Å². The number of benzene rings is 2. The van der Waals surface area contributed by atoms with E-state index in [1.54, 1.807) is 18.2 Å². The zero-order chi connectivity index (χ0) is 19.5. The SMILES string of the molecule is CN(C)S(=O)(=O)c1ccccc1CNc1ccccc1S(=O)(=O)C(F)F. The normalized spacial score (nSPS) is 12.5. The van der Waals surface area contributed by atoms with Crippen molar-refractivity contribution in [1.29, 1.82) is 0 Å². The van der Waals surface area contributed by atoms with Gasteiger partial charge in [0.2, 0.25) is 19.9 Å². The van der Waals surface area contributed by atoms with E-state index in [1.807, 2.05) is 0 Å². The second-order valence-electron chi connectivity index (χ2n) is 5.55. The van der Waals surface area contributed by atoms with Gasteiger partial charge < -0.3 is 5.32 Å². The molecular weight excluding hydrogens is 386 g/mol. The highest BCUT2D eigenvalue weighted by Gasteiger charge is 2.29. The molecule has 0 aliphatic rings. The minimum absolute atomic E-state index is 0.0233. The summed E-state index contributed by atoms with van der Waals surface area (Å²) in [4.78, 5) is -0.491. The van der Waals surface area contributed by atoms with Gasteiger partial charge in [0.15, 0.2) is 0 Å². The Morgan fingerprint density at radius 3 is 2.04 bits per heavy atom. The average Bonchev–Trinajstić information content (AvgIpc) is 2.60. The van der Waals surface area contributed by atoms with Crippen molar-refractivity contribution in [3.8, 4) is 0 Å². The van der Waals surface area contributed by atoms with Crippen LogP contribution in [0.5, 0.6) is 0 Å². The molecule has 142 valence electrons. The molecule has 2 rings (SSSR count). The standard InChI is InChI=1S/C16H18F2N2O4S2/c1-20(2)26(23,24)14-9-5-3-7-12(14)11-19-13-8-4-6-10-15(13)25(21,22)16(17)18/h3-10,16,19H,11H2,1-2H3.